The molecular weight excluding hydrogens is 344 g/mol. The highest BCUT2D eigenvalue weighted by Gasteiger charge is 2.52. The van der Waals surface area contributed by atoms with Gasteiger partial charge in [0.05, 0.1) is 30.3 Å². The first kappa shape index (κ1) is 17.7. The highest BCUT2D eigenvalue weighted by atomic mass is 16.5. The number of ether oxygens (including phenoxy) is 2. The number of anilines is 1. The fraction of sp³-hybridized carbons (Fsp3) is 0.381. The van der Waals surface area contributed by atoms with Crippen LogP contribution < -0.4 is 5.32 Å². The van der Waals surface area contributed by atoms with Gasteiger partial charge in [0, 0.05) is 25.4 Å². The zero-order valence-electron chi connectivity index (χ0n) is 15.1. The summed E-state index contributed by atoms with van der Waals surface area (Å²) in [7, 11) is 0. The number of nitrogens with one attached hydrogen (secondary N) is 1. The van der Waals surface area contributed by atoms with Crippen molar-refractivity contribution in [3.63, 3.8) is 0 Å². The maximum Gasteiger partial charge on any atom is 0.338 e. The van der Waals surface area contributed by atoms with Gasteiger partial charge in [-0.3, -0.25) is 9.78 Å². The first-order valence-corrected chi connectivity index (χ1v) is 9.31. The normalized spacial score (nSPS) is 26.0. The molecule has 2 aliphatic heterocycles. The molecule has 142 valence electrons. The van der Waals surface area contributed by atoms with E-state index in [-0.39, 0.29) is 37.3 Å². The second kappa shape index (κ2) is 7.48. The number of benzene rings is 1. The summed E-state index contributed by atoms with van der Waals surface area (Å²) in [4.78, 5) is 28.8. The Balaban J connectivity index is 0.00000225. The molecule has 2 aliphatic rings. The second-order valence-electron chi connectivity index (χ2n) is 6.91. The molecule has 1 aromatic carbocycles. The van der Waals surface area contributed by atoms with Crippen molar-refractivity contribution in [3.05, 3.63) is 59.9 Å². The molecule has 27 heavy (non-hydrogen) atoms. The molecule has 4 atom stereocenters. The van der Waals surface area contributed by atoms with Crippen LogP contribution in [0.4, 0.5) is 5.69 Å². The maximum atomic E-state index is 13.0. The Bertz CT molecular complexity index is 828. The van der Waals surface area contributed by atoms with Crippen molar-refractivity contribution in [1.29, 1.82) is 0 Å². The van der Waals surface area contributed by atoms with Crippen molar-refractivity contribution in [2.24, 2.45) is 5.92 Å². The summed E-state index contributed by atoms with van der Waals surface area (Å²) in [6.45, 7) is 2.10. The molecular formula is C21H24N2O4. The molecule has 0 saturated carbocycles. The SMILES string of the molecule is CCOC(=O)c1ccc(NC(=O)[C@H]2[C@H](c3ccncc3)[C@@H]3CC[C@H]2O3)cc1.[HH]. The van der Waals surface area contributed by atoms with Crippen molar-refractivity contribution in [2.45, 2.75) is 37.9 Å². The van der Waals surface area contributed by atoms with Crippen molar-refractivity contribution in [2.75, 3.05) is 11.9 Å². The van der Waals surface area contributed by atoms with Gasteiger partial charge in [0.25, 0.3) is 0 Å². The van der Waals surface area contributed by atoms with Gasteiger partial charge in [0.2, 0.25) is 5.91 Å². The highest BCUT2D eigenvalue weighted by Crippen LogP contribution is 2.49. The Kier molecular flexibility index (Phi) is 4.90. The Hall–Kier alpha value is -2.73. The third kappa shape index (κ3) is 3.45. The topological polar surface area (TPSA) is 77.5 Å². The van der Waals surface area contributed by atoms with E-state index in [1.807, 2.05) is 12.1 Å². The number of amides is 1. The van der Waals surface area contributed by atoms with E-state index in [4.69, 9.17) is 9.47 Å². The summed E-state index contributed by atoms with van der Waals surface area (Å²) in [5, 5.41) is 2.98. The van der Waals surface area contributed by atoms with Crippen LogP contribution in [0, 0.1) is 5.92 Å². The highest BCUT2D eigenvalue weighted by molar-refractivity contribution is 5.95. The molecule has 2 bridgehead atoms. The van der Waals surface area contributed by atoms with Gasteiger partial charge >= 0.3 is 5.97 Å². The van der Waals surface area contributed by atoms with E-state index in [2.05, 4.69) is 10.3 Å². The molecule has 2 saturated heterocycles. The number of aromatic nitrogens is 1. The van der Waals surface area contributed by atoms with Gasteiger partial charge in [-0.25, -0.2) is 4.79 Å². The predicted molar refractivity (Wildman–Crippen MR) is 102 cm³/mol. The van der Waals surface area contributed by atoms with Crippen molar-refractivity contribution in [3.8, 4) is 0 Å². The average molecular weight is 368 g/mol. The summed E-state index contributed by atoms with van der Waals surface area (Å²) in [6.07, 6.45) is 5.43. The second-order valence-corrected chi connectivity index (χ2v) is 6.91. The Morgan fingerprint density at radius 1 is 1.15 bits per heavy atom. The molecule has 0 spiro atoms. The molecule has 3 heterocycles. The zero-order valence-corrected chi connectivity index (χ0v) is 15.1. The first-order chi connectivity index (χ1) is 13.2. The van der Waals surface area contributed by atoms with Crippen LogP contribution in [-0.2, 0) is 14.3 Å². The Labute approximate surface area is 159 Å². The largest absolute Gasteiger partial charge is 0.462 e. The molecule has 4 rings (SSSR count). The predicted octanol–water partition coefficient (Wildman–Crippen LogP) is 3.40. The van der Waals surface area contributed by atoms with Crippen LogP contribution in [-0.4, -0.2) is 35.7 Å². The Morgan fingerprint density at radius 3 is 2.56 bits per heavy atom. The van der Waals surface area contributed by atoms with Gasteiger partial charge in [-0.15, -0.1) is 0 Å². The van der Waals surface area contributed by atoms with Crippen LogP contribution in [0.5, 0.6) is 0 Å². The standard InChI is InChI=1S/C21H22N2O4.H2/c1-2-26-21(25)14-3-5-15(6-4-14)23-20(24)19-17-8-7-16(27-17)18(19)13-9-11-22-12-10-13;/h3-6,9-12,16-19H,2,7-8H2,1H3,(H,23,24);1H/t16-,17+,18+,19+;/m0./s1. The van der Waals surface area contributed by atoms with Gasteiger partial charge in [-0.1, -0.05) is 0 Å². The molecule has 0 radical (unpaired) electrons. The van der Waals surface area contributed by atoms with E-state index in [1.54, 1.807) is 43.6 Å². The van der Waals surface area contributed by atoms with Crippen LogP contribution in [0.3, 0.4) is 0 Å². The maximum absolute atomic E-state index is 13.0. The van der Waals surface area contributed by atoms with Gasteiger partial charge in [-0.2, -0.15) is 0 Å². The summed E-state index contributed by atoms with van der Waals surface area (Å²) in [5.41, 5.74) is 2.21. The van der Waals surface area contributed by atoms with E-state index in [0.717, 1.165) is 18.4 Å². The van der Waals surface area contributed by atoms with Gasteiger partial charge in [-0.05, 0) is 61.7 Å². The summed E-state index contributed by atoms with van der Waals surface area (Å²) >= 11 is 0. The van der Waals surface area contributed by atoms with Crippen LogP contribution in [0.2, 0.25) is 0 Å². The number of carbonyl (C=O) groups excluding carboxylic acids is 2. The number of fused-ring (bicyclic) bond motifs is 2. The van der Waals surface area contributed by atoms with Crippen LogP contribution >= 0.6 is 0 Å². The average Bonchev–Trinajstić information content (AvgIpc) is 3.31. The lowest BCUT2D eigenvalue weighted by molar-refractivity contribution is -0.121. The van der Waals surface area contributed by atoms with Crippen molar-refractivity contribution < 1.29 is 20.5 Å². The quantitative estimate of drug-likeness (QED) is 0.819. The van der Waals surface area contributed by atoms with E-state index < -0.39 is 0 Å². The van der Waals surface area contributed by atoms with E-state index >= 15 is 0 Å². The molecule has 1 aromatic heterocycles. The minimum Gasteiger partial charge on any atom is -0.462 e. The number of carbonyl (C=O) groups is 2. The van der Waals surface area contributed by atoms with Gasteiger partial charge in [0.15, 0.2) is 0 Å². The van der Waals surface area contributed by atoms with E-state index in [1.165, 1.54) is 0 Å². The van der Waals surface area contributed by atoms with Crippen LogP contribution in [0.1, 0.15) is 43.0 Å². The number of pyridine rings is 1. The smallest absolute Gasteiger partial charge is 0.338 e. The van der Waals surface area contributed by atoms with E-state index in [9.17, 15) is 9.59 Å². The fourth-order valence-corrected chi connectivity index (χ4v) is 4.15. The lowest BCUT2D eigenvalue weighted by Gasteiger charge is -2.27. The zero-order chi connectivity index (χ0) is 18.8. The number of hydrogen-bond acceptors (Lipinski definition) is 5. The first-order valence-electron chi connectivity index (χ1n) is 9.31. The molecule has 1 N–H and O–H groups in total. The van der Waals surface area contributed by atoms with Gasteiger partial charge in [0.1, 0.15) is 0 Å². The summed E-state index contributed by atoms with van der Waals surface area (Å²) in [5.74, 6) is -0.594. The minimum absolute atomic E-state index is 0. The summed E-state index contributed by atoms with van der Waals surface area (Å²) in [6, 6.07) is 10.7. The molecule has 2 fully saturated rings. The number of rotatable bonds is 5. The molecule has 6 nitrogen and oxygen atoms in total. The lowest BCUT2D eigenvalue weighted by atomic mass is 9.75. The lowest BCUT2D eigenvalue weighted by Crippen LogP contribution is -2.36. The number of nitrogens with zero attached hydrogens (tertiary/aromatic N) is 1. The number of esters is 1. The minimum atomic E-state index is -0.366. The number of hydrogen-bond donors (Lipinski definition) is 1. The Morgan fingerprint density at radius 2 is 1.85 bits per heavy atom. The molecule has 1 amide bonds. The molecule has 0 unspecified atom stereocenters. The third-order valence-corrected chi connectivity index (χ3v) is 5.33. The molecule has 0 aliphatic carbocycles. The van der Waals surface area contributed by atoms with Crippen LogP contribution in [0.25, 0.3) is 0 Å². The monoisotopic (exact) mass is 368 g/mol. The van der Waals surface area contributed by atoms with Gasteiger partial charge < -0.3 is 14.8 Å². The molecule has 2 aromatic rings. The van der Waals surface area contributed by atoms with Crippen molar-refractivity contribution in [1.82, 2.24) is 4.98 Å². The van der Waals surface area contributed by atoms with E-state index in [0.29, 0.717) is 17.9 Å². The van der Waals surface area contributed by atoms with Crippen molar-refractivity contribution >= 4 is 17.6 Å². The fourth-order valence-electron chi connectivity index (χ4n) is 4.15. The summed E-state index contributed by atoms with van der Waals surface area (Å²) < 4.78 is 11.0. The third-order valence-electron chi connectivity index (χ3n) is 5.33. The van der Waals surface area contributed by atoms with Crippen LogP contribution in [0.15, 0.2) is 48.8 Å². The molecule has 6 heteroatoms.